The molecule has 6 nitrogen and oxygen atoms in total. The summed E-state index contributed by atoms with van der Waals surface area (Å²) in [6, 6.07) is 0. The number of nitrogens with one attached hydrogen (secondary N) is 1. The van der Waals surface area contributed by atoms with Gasteiger partial charge >= 0.3 is 5.97 Å². The molecule has 0 aromatic rings. The number of likely N-dealkylation sites (tertiary alicyclic amines) is 1. The molecule has 0 radical (unpaired) electrons. The van der Waals surface area contributed by atoms with Crippen molar-refractivity contribution >= 4 is 11.9 Å². The average Bonchev–Trinajstić information content (AvgIpc) is 2.46. The summed E-state index contributed by atoms with van der Waals surface area (Å²) < 4.78 is 4.83. The molecule has 1 aliphatic heterocycles. The third-order valence-electron chi connectivity index (χ3n) is 3.83. The Hall–Kier alpha value is -1.14. The van der Waals surface area contributed by atoms with Gasteiger partial charge in [0.1, 0.15) is 0 Å². The lowest BCUT2D eigenvalue weighted by Gasteiger charge is -2.31. The van der Waals surface area contributed by atoms with Crippen LogP contribution in [0.1, 0.15) is 39.0 Å². The van der Waals surface area contributed by atoms with Crippen molar-refractivity contribution in [2.75, 3.05) is 39.3 Å². The monoisotopic (exact) mass is 299 g/mol. The number of ether oxygens (including phenoxy) is 1. The molecule has 0 unspecified atom stereocenters. The predicted molar refractivity (Wildman–Crippen MR) is 81.7 cm³/mol. The van der Waals surface area contributed by atoms with Crippen LogP contribution in [0.25, 0.3) is 0 Å². The fourth-order valence-corrected chi connectivity index (χ4v) is 2.62. The third-order valence-corrected chi connectivity index (χ3v) is 3.83. The highest BCUT2D eigenvalue weighted by Crippen LogP contribution is 2.19. The number of rotatable bonds is 9. The molecule has 0 bridgehead atoms. The number of carbonyl (C=O) groups is 2. The summed E-state index contributed by atoms with van der Waals surface area (Å²) in [6.45, 7) is 5.88. The lowest BCUT2D eigenvalue weighted by molar-refractivity contribution is -0.143. The Kier molecular flexibility index (Phi) is 9.01. The largest absolute Gasteiger partial charge is 0.466 e. The van der Waals surface area contributed by atoms with Crippen molar-refractivity contribution in [1.82, 2.24) is 10.2 Å². The quantitative estimate of drug-likeness (QED) is 0.478. The highest BCUT2D eigenvalue weighted by Gasteiger charge is 2.20. The first-order valence-electron chi connectivity index (χ1n) is 8.00. The molecular weight excluding hydrogens is 270 g/mol. The van der Waals surface area contributed by atoms with E-state index in [0.717, 1.165) is 44.8 Å². The lowest BCUT2D eigenvalue weighted by atomic mass is 9.94. The zero-order valence-electron chi connectivity index (χ0n) is 13.1. The highest BCUT2D eigenvalue weighted by atomic mass is 16.5. The van der Waals surface area contributed by atoms with Gasteiger partial charge in [0.05, 0.1) is 13.2 Å². The SMILES string of the molecule is CCOC(=O)CCCNC(=O)CN1CCC(CCN)CC1. The Morgan fingerprint density at radius 3 is 2.67 bits per heavy atom. The smallest absolute Gasteiger partial charge is 0.305 e. The van der Waals surface area contributed by atoms with Crippen LogP contribution in [0.2, 0.25) is 0 Å². The number of carbonyl (C=O) groups excluding carboxylic acids is 2. The van der Waals surface area contributed by atoms with Crippen LogP contribution in [0, 0.1) is 5.92 Å². The molecule has 3 N–H and O–H groups in total. The summed E-state index contributed by atoms with van der Waals surface area (Å²) >= 11 is 0. The Labute approximate surface area is 127 Å². The fourth-order valence-electron chi connectivity index (χ4n) is 2.62. The van der Waals surface area contributed by atoms with Crippen LogP contribution in [0.5, 0.6) is 0 Å². The molecule has 0 spiro atoms. The predicted octanol–water partition coefficient (Wildman–Crippen LogP) is 0.507. The number of amides is 1. The van der Waals surface area contributed by atoms with Gasteiger partial charge in [-0.1, -0.05) is 0 Å². The molecule has 0 aliphatic carbocycles. The summed E-state index contributed by atoms with van der Waals surface area (Å²) in [5, 5.41) is 2.86. The van der Waals surface area contributed by atoms with Gasteiger partial charge in [-0.05, 0) is 58.2 Å². The summed E-state index contributed by atoms with van der Waals surface area (Å²) in [6.07, 6.45) is 4.34. The highest BCUT2D eigenvalue weighted by molar-refractivity contribution is 5.78. The summed E-state index contributed by atoms with van der Waals surface area (Å²) in [5.41, 5.74) is 5.57. The van der Waals surface area contributed by atoms with Gasteiger partial charge in [-0.3, -0.25) is 14.5 Å². The number of piperidine rings is 1. The number of esters is 1. The van der Waals surface area contributed by atoms with Crippen LogP contribution < -0.4 is 11.1 Å². The van der Waals surface area contributed by atoms with E-state index < -0.39 is 0 Å². The minimum Gasteiger partial charge on any atom is -0.466 e. The second-order valence-electron chi connectivity index (χ2n) is 5.56. The summed E-state index contributed by atoms with van der Waals surface area (Å²) in [7, 11) is 0. The van der Waals surface area contributed by atoms with Gasteiger partial charge in [0, 0.05) is 13.0 Å². The minimum absolute atomic E-state index is 0.0381. The van der Waals surface area contributed by atoms with Gasteiger partial charge in [0.15, 0.2) is 0 Å². The molecule has 1 amide bonds. The van der Waals surface area contributed by atoms with Gasteiger partial charge in [0.2, 0.25) is 5.91 Å². The van der Waals surface area contributed by atoms with E-state index >= 15 is 0 Å². The van der Waals surface area contributed by atoms with Gasteiger partial charge in [0.25, 0.3) is 0 Å². The van der Waals surface area contributed by atoms with Crippen LogP contribution in [-0.4, -0.2) is 56.1 Å². The van der Waals surface area contributed by atoms with E-state index in [0.29, 0.717) is 32.5 Å². The second kappa shape index (κ2) is 10.6. The first kappa shape index (κ1) is 17.9. The van der Waals surface area contributed by atoms with Crippen molar-refractivity contribution < 1.29 is 14.3 Å². The van der Waals surface area contributed by atoms with Crippen LogP contribution in [-0.2, 0) is 14.3 Å². The maximum Gasteiger partial charge on any atom is 0.305 e. The molecule has 1 saturated heterocycles. The Balaban J connectivity index is 2.05. The molecule has 1 rings (SSSR count). The molecule has 0 atom stereocenters. The van der Waals surface area contributed by atoms with Crippen LogP contribution in [0.4, 0.5) is 0 Å². The van der Waals surface area contributed by atoms with Crippen molar-refractivity contribution in [2.24, 2.45) is 11.7 Å². The van der Waals surface area contributed by atoms with E-state index in [9.17, 15) is 9.59 Å². The maximum absolute atomic E-state index is 11.8. The Bertz CT molecular complexity index is 315. The normalized spacial score (nSPS) is 16.7. The van der Waals surface area contributed by atoms with Gasteiger partial charge < -0.3 is 15.8 Å². The molecule has 0 aromatic carbocycles. The molecular formula is C15H29N3O3. The molecule has 0 saturated carbocycles. The molecule has 1 aliphatic rings. The van der Waals surface area contributed by atoms with Crippen molar-refractivity contribution in [3.63, 3.8) is 0 Å². The summed E-state index contributed by atoms with van der Waals surface area (Å²) in [4.78, 5) is 25.1. The zero-order valence-corrected chi connectivity index (χ0v) is 13.1. The van der Waals surface area contributed by atoms with Gasteiger partial charge in [-0.25, -0.2) is 0 Å². The zero-order chi connectivity index (χ0) is 15.5. The topological polar surface area (TPSA) is 84.7 Å². The first-order valence-corrected chi connectivity index (χ1v) is 8.00. The van der Waals surface area contributed by atoms with E-state index in [1.807, 2.05) is 0 Å². The van der Waals surface area contributed by atoms with E-state index in [-0.39, 0.29) is 11.9 Å². The summed E-state index contributed by atoms with van der Waals surface area (Å²) in [5.74, 6) is 0.559. The first-order chi connectivity index (χ1) is 10.2. The van der Waals surface area contributed by atoms with E-state index in [1.54, 1.807) is 6.92 Å². The Morgan fingerprint density at radius 1 is 1.33 bits per heavy atom. The molecule has 0 aromatic heterocycles. The second-order valence-corrected chi connectivity index (χ2v) is 5.56. The van der Waals surface area contributed by atoms with Crippen LogP contribution in [0.15, 0.2) is 0 Å². The standard InChI is InChI=1S/C15H29N3O3/c1-2-21-15(20)4-3-9-17-14(19)12-18-10-6-13(5-8-16)7-11-18/h13H,2-12,16H2,1H3,(H,17,19). The van der Waals surface area contributed by atoms with Crippen molar-refractivity contribution in [3.05, 3.63) is 0 Å². The molecule has 6 heteroatoms. The van der Waals surface area contributed by atoms with E-state index in [4.69, 9.17) is 10.5 Å². The maximum atomic E-state index is 11.8. The van der Waals surface area contributed by atoms with Crippen molar-refractivity contribution in [3.8, 4) is 0 Å². The number of hydrogen-bond acceptors (Lipinski definition) is 5. The van der Waals surface area contributed by atoms with Gasteiger partial charge in [-0.2, -0.15) is 0 Å². The van der Waals surface area contributed by atoms with Crippen molar-refractivity contribution in [1.29, 1.82) is 0 Å². The number of hydrogen-bond donors (Lipinski definition) is 2. The van der Waals surface area contributed by atoms with Crippen LogP contribution in [0.3, 0.4) is 0 Å². The van der Waals surface area contributed by atoms with E-state index in [1.165, 1.54) is 0 Å². The lowest BCUT2D eigenvalue weighted by Crippen LogP contribution is -2.42. The van der Waals surface area contributed by atoms with Gasteiger partial charge in [-0.15, -0.1) is 0 Å². The van der Waals surface area contributed by atoms with Crippen LogP contribution >= 0.6 is 0 Å². The average molecular weight is 299 g/mol. The minimum atomic E-state index is -0.200. The Morgan fingerprint density at radius 2 is 2.05 bits per heavy atom. The van der Waals surface area contributed by atoms with E-state index in [2.05, 4.69) is 10.2 Å². The number of nitrogens with zero attached hydrogens (tertiary/aromatic N) is 1. The molecule has 122 valence electrons. The fraction of sp³-hybridized carbons (Fsp3) is 0.867. The number of nitrogens with two attached hydrogens (primary N) is 1. The van der Waals surface area contributed by atoms with Crippen molar-refractivity contribution in [2.45, 2.75) is 39.0 Å². The molecule has 1 heterocycles. The molecule has 1 fully saturated rings. The third kappa shape index (κ3) is 8.02. The molecule has 21 heavy (non-hydrogen) atoms.